The number of aromatic nitrogens is 3. The van der Waals surface area contributed by atoms with Crippen molar-refractivity contribution in [1.29, 1.82) is 0 Å². The Balaban J connectivity index is 1.53. The maximum atomic E-state index is 14.3. The number of sulfonamides is 1. The number of hydrogen-bond donors (Lipinski definition) is 1. The molecule has 5 rings (SSSR count). The summed E-state index contributed by atoms with van der Waals surface area (Å²) >= 11 is 0. The Bertz CT molecular complexity index is 1620. The Morgan fingerprint density at radius 3 is 2.41 bits per heavy atom. The third kappa shape index (κ3) is 4.23. The molecule has 0 aliphatic heterocycles. The maximum Gasteiger partial charge on any atom is 0.264 e. The lowest BCUT2D eigenvalue weighted by atomic mass is 9.98. The van der Waals surface area contributed by atoms with Gasteiger partial charge < -0.3 is 0 Å². The molecule has 8 heteroatoms. The molecule has 3 aromatic heterocycles. The van der Waals surface area contributed by atoms with Gasteiger partial charge in [0, 0.05) is 35.7 Å². The van der Waals surface area contributed by atoms with Crippen LogP contribution in [0.3, 0.4) is 0 Å². The van der Waals surface area contributed by atoms with Crippen molar-refractivity contribution in [3.63, 3.8) is 0 Å². The number of pyridine rings is 3. The number of hydrogen-bond acceptors (Lipinski definition) is 5. The first-order chi connectivity index (χ1) is 16.4. The average molecular weight is 471 g/mol. The van der Waals surface area contributed by atoms with E-state index in [1.165, 1.54) is 18.3 Å². The largest absolute Gasteiger partial charge is 0.278 e. The summed E-state index contributed by atoms with van der Waals surface area (Å²) in [6, 6.07) is 17.3. The number of nitrogens with zero attached hydrogens (tertiary/aromatic N) is 3. The Morgan fingerprint density at radius 1 is 0.794 bits per heavy atom. The van der Waals surface area contributed by atoms with E-state index in [-0.39, 0.29) is 5.69 Å². The molecule has 0 radical (unpaired) electrons. The molecular weight excluding hydrogens is 451 g/mol. The quantitative estimate of drug-likeness (QED) is 0.361. The van der Waals surface area contributed by atoms with Crippen molar-refractivity contribution in [2.75, 3.05) is 4.72 Å². The number of fused-ring (bicyclic) bond motifs is 1. The van der Waals surface area contributed by atoms with Crippen LogP contribution in [0.15, 0.2) is 96.5 Å². The predicted octanol–water partition coefficient (Wildman–Crippen LogP) is 5.61. The summed E-state index contributed by atoms with van der Waals surface area (Å²) < 4.78 is 42.2. The van der Waals surface area contributed by atoms with Crippen molar-refractivity contribution >= 4 is 26.6 Å². The Kier molecular flexibility index (Phi) is 5.51. The molecule has 0 amide bonds. The van der Waals surface area contributed by atoms with Crippen LogP contribution in [-0.4, -0.2) is 23.4 Å². The summed E-state index contributed by atoms with van der Waals surface area (Å²) in [5.74, 6) is -0.803. The number of halogens is 1. The van der Waals surface area contributed by atoms with Gasteiger partial charge in [0.15, 0.2) is 0 Å². The second-order valence-corrected chi connectivity index (χ2v) is 9.48. The highest BCUT2D eigenvalue weighted by Gasteiger charge is 2.19. The van der Waals surface area contributed by atoms with Crippen LogP contribution in [0.4, 0.5) is 10.1 Å². The number of benzene rings is 2. The Hall–Kier alpha value is -4.17. The first kappa shape index (κ1) is 21.7. The van der Waals surface area contributed by atoms with Gasteiger partial charge in [-0.25, -0.2) is 12.8 Å². The van der Waals surface area contributed by atoms with Gasteiger partial charge in [0.1, 0.15) is 10.7 Å². The van der Waals surface area contributed by atoms with E-state index in [0.717, 1.165) is 27.6 Å². The molecule has 34 heavy (non-hydrogen) atoms. The van der Waals surface area contributed by atoms with Crippen LogP contribution < -0.4 is 4.72 Å². The number of rotatable bonds is 5. The van der Waals surface area contributed by atoms with Gasteiger partial charge in [0.25, 0.3) is 10.0 Å². The summed E-state index contributed by atoms with van der Waals surface area (Å²) in [4.78, 5) is 12.3. The van der Waals surface area contributed by atoms with E-state index in [2.05, 4.69) is 19.7 Å². The van der Waals surface area contributed by atoms with Gasteiger partial charge in [-0.2, -0.15) is 0 Å². The van der Waals surface area contributed by atoms with Gasteiger partial charge in [-0.05, 0) is 77.7 Å². The Labute approximate surface area is 196 Å². The molecule has 0 fully saturated rings. The average Bonchev–Trinajstić information content (AvgIpc) is 2.83. The summed E-state index contributed by atoms with van der Waals surface area (Å²) in [6.07, 6.45) is 8.27. The molecule has 0 saturated heterocycles. The van der Waals surface area contributed by atoms with Crippen LogP contribution in [-0.2, 0) is 10.0 Å². The van der Waals surface area contributed by atoms with E-state index in [1.54, 1.807) is 43.8 Å². The highest BCUT2D eigenvalue weighted by atomic mass is 32.2. The second kappa shape index (κ2) is 8.64. The van der Waals surface area contributed by atoms with Gasteiger partial charge in [-0.3, -0.25) is 19.7 Å². The van der Waals surface area contributed by atoms with Gasteiger partial charge in [0.2, 0.25) is 0 Å². The van der Waals surface area contributed by atoms with Crippen LogP contribution >= 0.6 is 0 Å². The maximum absolute atomic E-state index is 14.3. The molecule has 0 atom stereocenters. The predicted molar refractivity (Wildman–Crippen MR) is 130 cm³/mol. The highest BCUT2D eigenvalue weighted by Crippen LogP contribution is 2.31. The molecule has 3 heterocycles. The van der Waals surface area contributed by atoms with E-state index >= 15 is 0 Å². The zero-order valence-corrected chi connectivity index (χ0v) is 18.9. The summed E-state index contributed by atoms with van der Waals surface area (Å²) in [5, 5.41) is 0.943. The van der Waals surface area contributed by atoms with E-state index in [9.17, 15) is 12.8 Å². The molecule has 6 nitrogen and oxygen atoms in total. The van der Waals surface area contributed by atoms with Crippen molar-refractivity contribution in [3.05, 3.63) is 103 Å². The zero-order chi connectivity index (χ0) is 23.7. The molecule has 2 aromatic carbocycles. The lowest BCUT2D eigenvalue weighted by molar-refractivity contribution is 0.569. The van der Waals surface area contributed by atoms with Crippen LogP contribution in [0, 0.1) is 12.7 Å². The highest BCUT2D eigenvalue weighted by molar-refractivity contribution is 7.92. The van der Waals surface area contributed by atoms with E-state index in [0.29, 0.717) is 11.1 Å². The summed E-state index contributed by atoms with van der Waals surface area (Å²) in [6.45, 7) is 1.69. The van der Waals surface area contributed by atoms with Gasteiger partial charge in [-0.1, -0.05) is 12.1 Å². The fraction of sp³-hybridized carbons (Fsp3) is 0.0385. The third-order valence-electron chi connectivity index (χ3n) is 5.43. The topological polar surface area (TPSA) is 84.8 Å². The minimum Gasteiger partial charge on any atom is -0.278 e. The lowest BCUT2D eigenvalue weighted by Gasteiger charge is -2.11. The molecule has 5 aromatic rings. The van der Waals surface area contributed by atoms with E-state index in [4.69, 9.17) is 0 Å². The zero-order valence-electron chi connectivity index (χ0n) is 18.1. The number of anilines is 1. The normalized spacial score (nSPS) is 11.5. The molecule has 168 valence electrons. The fourth-order valence-electron chi connectivity index (χ4n) is 3.80. The first-order valence-electron chi connectivity index (χ1n) is 10.4. The molecule has 0 spiro atoms. The van der Waals surface area contributed by atoms with Crippen LogP contribution in [0.25, 0.3) is 33.2 Å². The molecule has 1 N–H and O–H groups in total. The van der Waals surface area contributed by atoms with Crippen LogP contribution in [0.5, 0.6) is 0 Å². The Morgan fingerprint density at radius 2 is 1.62 bits per heavy atom. The van der Waals surface area contributed by atoms with E-state index < -0.39 is 20.7 Å². The van der Waals surface area contributed by atoms with Crippen molar-refractivity contribution in [2.45, 2.75) is 11.8 Å². The number of nitrogens with one attached hydrogen (secondary N) is 1. The summed E-state index contributed by atoms with van der Waals surface area (Å²) in [5.41, 5.74) is 5.27. The summed E-state index contributed by atoms with van der Waals surface area (Å²) in [7, 11) is -4.12. The number of aryl methyl sites for hydroxylation is 1. The van der Waals surface area contributed by atoms with Crippen LogP contribution in [0.2, 0.25) is 0 Å². The van der Waals surface area contributed by atoms with Gasteiger partial charge >= 0.3 is 0 Å². The molecule has 0 unspecified atom stereocenters. The van der Waals surface area contributed by atoms with E-state index in [1.807, 2.05) is 36.4 Å². The third-order valence-corrected chi connectivity index (χ3v) is 6.85. The monoisotopic (exact) mass is 470 g/mol. The molecule has 0 aliphatic carbocycles. The first-order valence-corrected chi connectivity index (χ1v) is 11.9. The molecular formula is C26H19FN4O2S. The lowest BCUT2D eigenvalue weighted by Crippen LogP contribution is -2.14. The minimum absolute atomic E-state index is 0.234. The fourth-order valence-corrected chi connectivity index (χ4v) is 4.89. The standard InChI is InChI=1S/C26H19FN4O2S/c1-17-2-5-26(24(27)12-17)34(32,33)31-21-13-20(15-29-16-21)19-3-4-25-23(14-19)22(8-11-30-25)18-6-9-28-10-7-18/h2-16,31H,1H3. The molecule has 0 bridgehead atoms. The van der Waals surface area contributed by atoms with Crippen molar-refractivity contribution in [3.8, 4) is 22.3 Å². The SMILES string of the molecule is Cc1ccc(S(=O)(=O)Nc2cncc(-c3ccc4nccc(-c5ccncc5)c4c3)c2)c(F)c1. The minimum atomic E-state index is -4.12. The van der Waals surface area contributed by atoms with Crippen molar-refractivity contribution in [2.24, 2.45) is 0 Å². The smallest absolute Gasteiger partial charge is 0.264 e. The molecule has 0 aliphatic rings. The van der Waals surface area contributed by atoms with Gasteiger partial charge in [-0.15, -0.1) is 0 Å². The van der Waals surface area contributed by atoms with Crippen molar-refractivity contribution in [1.82, 2.24) is 15.0 Å². The molecule has 0 saturated carbocycles. The second-order valence-electron chi connectivity index (χ2n) is 7.83. The van der Waals surface area contributed by atoms with Gasteiger partial charge in [0.05, 0.1) is 17.4 Å². The van der Waals surface area contributed by atoms with Crippen molar-refractivity contribution < 1.29 is 12.8 Å². The van der Waals surface area contributed by atoms with Crippen LogP contribution in [0.1, 0.15) is 5.56 Å².